The number of aryl methyl sites for hydroxylation is 1. The second-order valence-electron chi connectivity index (χ2n) is 6.43. The molecule has 1 fully saturated rings. The first-order valence-corrected chi connectivity index (χ1v) is 8.40. The maximum atomic E-state index is 12.4. The van der Waals surface area contributed by atoms with Gasteiger partial charge in [0.05, 0.1) is 16.5 Å². The molecule has 4 rings (SSSR count). The lowest BCUT2D eigenvalue weighted by Crippen LogP contribution is -2.30. The normalized spacial score (nSPS) is 20.2. The third-order valence-electron chi connectivity index (χ3n) is 4.80. The van der Waals surface area contributed by atoms with Gasteiger partial charge in [-0.2, -0.15) is 0 Å². The zero-order valence-electron chi connectivity index (χ0n) is 13.3. The van der Waals surface area contributed by atoms with Gasteiger partial charge in [0.25, 0.3) is 5.56 Å². The summed E-state index contributed by atoms with van der Waals surface area (Å²) >= 11 is 0. The van der Waals surface area contributed by atoms with Crippen LogP contribution in [0.2, 0.25) is 0 Å². The van der Waals surface area contributed by atoms with Crippen molar-refractivity contribution in [3.63, 3.8) is 0 Å². The number of ketones is 1. The van der Waals surface area contributed by atoms with Crippen molar-refractivity contribution in [2.45, 2.75) is 51.2 Å². The molecule has 0 amide bonds. The highest BCUT2D eigenvalue weighted by Crippen LogP contribution is 2.20. The quantitative estimate of drug-likeness (QED) is 0.789. The van der Waals surface area contributed by atoms with Crippen molar-refractivity contribution in [1.29, 1.82) is 0 Å². The lowest BCUT2D eigenvalue weighted by Gasteiger charge is -2.20. The van der Waals surface area contributed by atoms with Gasteiger partial charge in [-0.1, -0.05) is 0 Å². The van der Waals surface area contributed by atoms with Crippen LogP contribution < -0.4 is 5.56 Å². The average Bonchev–Trinajstić information content (AvgIpc) is 3.05. The van der Waals surface area contributed by atoms with Crippen LogP contribution in [0, 0.1) is 0 Å². The van der Waals surface area contributed by atoms with Crippen molar-refractivity contribution in [1.82, 2.24) is 9.55 Å². The molecule has 6 nitrogen and oxygen atoms in total. The lowest BCUT2D eigenvalue weighted by molar-refractivity contribution is -0.129. The van der Waals surface area contributed by atoms with Crippen LogP contribution in [0.1, 0.15) is 48.3 Å². The summed E-state index contributed by atoms with van der Waals surface area (Å²) < 4.78 is 7.06. The Morgan fingerprint density at radius 1 is 1.17 bits per heavy atom. The highest BCUT2D eigenvalue weighted by molar-refractivity contribution is 5.96. The van der Waals surface area contributed by atoms with Crippen molar-refractivity contribution in [3.8, 4) is 0 Å². The van der Waals surface area contributed by atoms with Crippen LogP contribution in [0.4, 0.5) is 0 Å². The standard InChI is InChI=1S/C18H18N2O4/c21-14-4-1-2-5-15(14)24-18(23)11-7-8-12-13(10-11)19-16-6-3-9-20(16)17(12)22/h7-8,10,15H,1-6,9H2/t15-/m0/s1. The van der Waals surface area contributed by atoms with E-state index in [2.05, 4.69) is 4.98 Å². The first kappa shape index (κ1) is 15.1. The summed E-state index contributed by atoms with van der Waals surface area (Å²) in [5, 5.41) is 0.506. The van der Waals surface area contributed by atoms with E-state index in [9.17, 15) is 14.4 Å². The van der Waals surface area contributed by atoms with E-state index in [4.69, 9.17) is 4.74 Å². The van der Waals surface area contributed by atoms with Crippen LogP contribution in [0.15, 0.2) is 23.0 Å². The van der Waals surface area contributed by atoms with Crippen LogP contribution in [0.5, 0.6) is 0 Å². The molecule has 0 bridgehead atoms. The Balaban J connectivity index is 1.65. The summed E-state index contributed by atoms with van der Waals surface area (Å²) in [5.74, 6) is 0.226. The molecular formula is C18H18N2O4. The maximum Gasteiger partial charge on any atom is 0.338 e. The second kappa shape index (κ2) is 5.85. The molecule has 0 unspecified atom stereocenters. The van der Waals surface area contributed by atoms with Crippen molar-refractivity contribution < 1.29 is 14.3 Å². The van der Waals surface area contributed by atoms with E-state index in [0.29, 0.717) is 35.9 Å². The Morgan fingerprint density at radius 3 is 2.88 bits per heavy atom. The molecule has 1 atom stereocenters. The van der Waals surface area contributed by atoms with Crippen LogP contribution in [0.3, 0.4) is 0 Å². The van der Waals surface area contributed by atoms with E-state index < -0.39 is 12.1 Å². The van der Waals surface area contributed by atoms with Gasteiger partial charge in [-0.15, -0.1) is 0 Å². The fourth-order valence-corrected chi connectivity index (χ4v) is 3.48. The molecule has 1 aliphatic heterocycles. The summed E-state index contributed by atoms with van der Waals surface area (Å²) in [7, 11) is 0. The topological polar surface area (TPSA) is 78.3 Å². The molecule has 1 aliphatic carbocycles. The van der Waals surface area contributed by atoms with Crippen LogP contribution in [-0.4, -0.2) is 27.4 Å². The number of benzene rings is 1. The minimum atomic E-state index is -0.638. The first-order valence-electron chi connectivity index (χ1n) is 8.40. The van der Waals surface area contributed by atoms with Gasteiger partial charge in [0.1, 0.15) is 5.82 Å². The number of Topliss-reactive ketones (excluding diaryl/α,β-unsaturated/α-hetero) is 1. The second-order valence-corrected chi connectivity index (χ2v) is 6.43. The fourth-order valence-electron chi connectivity index (χ4n) is 3.48. The molecular weight excluding hydrogens is 308 g/mol. The minimum Gasteiger partial charge on any atom is -0.451 e. The molecule has 24 heavy (non-hydrogen) atoms. The summed E-state index contributed by atoms with van der Waals surface area (Å²) in [5.41, 5.74) is 0.781. The lowest BCUT2D eigenvalue weighted by atomic mass is 9.96. The van der Waals surface area contributed by atoms with Gasteiger partial charge in [0, 0.05) is 19.4 Å². The van der Waals surface area contributed by atoms with E-state index in [0.717, 1.165) is 31.5 Å². The maximum absolute atomic E-state index is 12.4. The third kappa shape index (κ3) is 2.52. The predicted molar refractivity (Wildman–Crippen MR) is 87.0 cm³/mol. The third-order valence-corrected chi connectivity index (χ3v) is 4.80. The van der Waals surface area contributed by atoms with Gasteiger partial charge in [0.15, 0.2) is 11.9 Å². The monoisotopic (exact) mass is 326 g/mol. The minimum absolute atomic E-state index is 0.00965. The highest BCUT2D eigenvalue weighted by Gasteiger charge is 2.26. The number of hydrogen-bond acceptors (Lipinski definition) is 5. The average molecular weight is 326 g/mol. The van der Waals surface area contributed by atoms with E-state index in [1.165, 1.54) is 0 Å². The number of esters is 1. The molecule has 0 N–H and O–H groups in total. The highest BCUT2D eigenvalue weighted by atomic mass is 16.5. The molecule has 1 saturated carbocycles. The van der Waals surface area contributed by atoms with Gasteiger partial charge in [-0.25, -0.2) is 9.78 Å². The van der Waals surface area contributed by atoms with Gasteiger partial charge in [-0.05, 0) is 43.9 Å². The Bertz CT molecular complexity index is 900. The number of rotatable bonds is 2. The van der Waals surface area contributed by atoms with Gasteiger partial charge < -0.3 is 4.74 Å². The molecule has 0 spiro atoms. The summed E-state index contributed by atoms with van der Waals surface area (Å²) in [6.45, 7) is 0.699. The number of carbonyl (C=O) groups is 2. The number of hydrogen-bond donors (Lipinski definition) is 0. The molecule has 0 radical (unpaired) electrons. The number of fused-ring (bicyclic) bond motifs is 2. The van der Waals surface area contributed by atoms with Crippen LogP contribution >= 0.6 is 0 Å². The SMILES string of the molecule is O=C(O[C@H]1CCCCC1=O)c1ccc2c(=O)n3c(nc2c1)CCC3. The van der Waals surface area contributed by atoms with Crippen molar-refractivity contribution in [2.75, 3.05) is 0 Å². The van der Waals surface area contributed by atoms with Crippen molar-refractivity contribution in [2.24, 2.45) is 0 Å². The van der Waals surface area contributed by atoms with Crippen LogP contribution in [0.25, 0.3) is 10.9 Å². The Kier molecular flexibility index (Phi) is 3.67. The Labute approximate surface area is 138 Å². The van der Waals surface area contributed by atoms with E-state index in [1.54, 1.807) is 22.8 Å². The number of carbonyl (C=O) groups excluding carboxylic acids is 2. The number of aromatic nitrogens is 2. The molecule has 2 aliphatic rings. The fraction of sp³-hybridized carbons (Fsp3) is 0.444. The van der Waals surface area contributed by atoms with Crippen molar-refractivity contribution in [3.05, 3.63) is 39.9 Å². The Morgan fingerprint density at radius 2 is 2.04 bits per heavy atom. The van der Waals surface area contributed by atoms with Gasteiger partial charge in [0.2, 0.25) is 0 Å². The van der Waals surface area contributed by atoms with E-state index in [1.807, 2.05) is 0 Å². The molecule has 124 valence electrons. The van der Waals surface area contributed by atoms with Crippen molar-refractivity contribution >= 4 is 22.7 Å². The molecule has 6 heteroatoms. The summed E-state index contributed by atoms with van der Waals surface area (Å²) in [6.07, 6.45) is 3.87. The van der Waals surface area contributed by atoms with E-state index >= 15 is 0 Å². The van der Waals surface area contributed by atoms with Gasteiger partial charge in [-0.3, -0.25) is 14.2 Å². The smallest absolute Gasteiger partial charge is 0.338 e. The molecule has 1 aromatic carbocycles. The zero-order valence-corrected chi connectivity index (χ0v) is 13.3. The Hall–Kier alpha value is -2.50. The number of nitrogens with zero attached hydrogens (tertiary/aromatic N) is 2. The molecule has 1 aromatic heterocycles. The zero-order chi connectivity index (χ0) is 16.7. The van der Waals surface area contributed by atoms with E-state index in [-0.39, 0.29) is 11.3 Å². The molecule has 2 aromatic rings. The summed E-state index contributed by atoms with van der Waals surface area (Å²) in [6, 6.07) is 4.78. The largest absolute Gasteiger partial charge is 0.451 e. The van der Waals surface area contributed by atoms with Crippen LogP contribution in [-0.2, 0) is 22.5 Å². The molecule has 2 heterocycles. The predicted octanol–water partition coefficient (Wildman–Crippen LogP) is 2.01. The van der Waals surface area contributed by atoms with Gasteiger partial charge >= 0.3 is 5.97 Å². The summed E-state index contributed by atoms with van der Waals surface area (Å²) in [4.78, 5) is 41.1. The molecule has 0 saturated heterocycles. The first-order chi connectivity index (χ1) is 11.6. The number of ether oxygens (including phenoxy) is 1.